The number of imidazole rings is 1. The minimum absolute atomic E-state index is 0.0528. The van der Waals surface area contributed by atoms with Crippen molar-refractivity contribution >= 4 is 5.78 Å². The number of nitrogens with one attached hydrogen (secondary N) is 1. The van der Waals surface area contributed by atoms with Gasteiger partial charge in [-0.2, -0.15) is 0 Å². The Morgan fingerprint density at radius 3 is 3.00 bits per heavy atom. The van der Waals surface area contributed by atoms with E-state index in [1.807, 2.05) is 23.7 Å². The van der Waals surface area contributed by atoms with Crippen molar-refractivity contribution in [2.24, 2.45) is 7.05 Å². The number of rotatable bonds is 1. The first kappa shape index (κ1) is 10.2. The van der Waals surface area contributed by atoms with Gasteiger partial charge >= 0.3 is 0 Å². The molecule has 0 unspecified atom stereocenters. The molecule has 0 aromatic carbocycles. The van der Waals surface area contributed by atoms with Gasteiger partial charge in [0.2, 0.25) is 0 Å². The third-order valence-corrected chi connectivity index (χ3v) is 2.98. The molecule has 3 heterocycles. The van der Waals surface area contributed by atoms with Gasteiger partial charge in [-0.25, -0.2) is 4.98 Å². The molecule has 1 aliphatic rings. The van der Waals surface area contributed by atoms with Crippen LogP contribution in [0.3, 0.4) is 0 Å². The molecule has 1 N–H and O–H groups in total. The summed E-state index contributed by atoms with van der Waals surface area (Å²) in [6, 6.07) is 3.81. The number of pyridine rings is 1. The maximum atomic E-state index is 11.7. The number of hydrogen-bond acceptors (Lipinski definition) is 4. The van der Waals surface area contributed by atoms with E-state index in [0.29, 0.717) is 18.8 Å². The molecule has 0 amide bonds. The van der Waals surface area contributed by atoms with Crippen LogP contribution in [0, 0.1) is 0 Å². The minimum atomic E-state index is 0.0528. The molecule has 0 aliphatic carbocycles. The number of Topliss-reactive ketones (excluding diaryl/α,β-unsaturated/α-hetero) is 1. The minimum Gasteiger partial charge on any atom is -0.329 e. The van der Waals surface area contributed by atoms with Crippen LogP contribution in [0.4, 0.5) is 0 Å². The van der Waals surface area contributed by atoms with Crippen molar-refractivity contribution in [1.29, 1.82) is 0 Å². The van der Waals surface area contributed by atoms with Crippen LogP contribution in [-0.4, -0.2) is 26.9 Å². The summed E-state index contributed by atoms with van der Waals surface area (Å²) >= 11 is 0. The highest BCUT2D eigenvalue weighted by Gasteiger charge is 2.24. The molecule has 86 valence electrons. The fourth-order valence-electron chi connectivity index (χ4n) is 2.09. The summed E-state index contributed by atoms with van der Waals surface area (Å²) in [5.41, 5.74) is 2.46. The van der Waals surface area contributed by atoms with E-state index in [9.17, 15) is 4.79 Å². The number of fused-ring (bicyclic) bond motifs is 1. The largest absolute Gasteiger partial charge is 0.329 e. The van der Waals surface area contributed by atoms with E-state index >= 15 is 0 Å². The smallest absolute Gasteiger partial charge is 0.196 e. The predicted molar refractivity (Wildman–Crippen MR) is 62.5 cm³/mol. The maximum Gasteiger partial charge on any atom is 0.196 e. The lowest BCUT2D eigenvalue weighted by Gasteiger charge is -2.12. The first-order chi connectivity index (χ1) is 8.27. The van der Waals surface area contributed by atoms with Crippen LogP contribution in [-0.2, 0) is 13.6 Å². The van der Waals surface area contributed by atoms with E-state index in [1.54, 1.807) is 12.4 Å². The van der Waals surface area contributed by atoms with E-state index in [1.165, 1.54) is 0 Å². The number of carbonyl (C=O) groups excluding carboxylic acids is 1. The van der Waals surface area contributed by atoms with Crippen molar-refractivity contribution in [3.05, 3.63) is 35.9 Å². The molecule has 0 saturated heterocycles. The topological polar surface area (TPSA) is 59.8 Å². The SMILES string of the molecule is Cn1c(-c2cccnc2)nc2c1CNCC2=O. The van der Waals surface area contributed by atoms with Crippen molar-refractivity contribution < 1.29 is 4.79 Å². The van der Waals surface area contributed by atoms with Gasteiger partial charge in [0.25, 0.3) is 0 Å². The van der Waals surface area contributed by atoms with Crippen molar-refractivity contribution in [2.75, 3.05) is 6.54 Å². The van der Waals surface area contributed by atoms with Crippen LogP contribution in [0.5, 0.6) is 0 Å². The molecular formula is C12H12N4O. The number of carbonyl (C=O) groups is 1. The van der Waals surface area contributed by atoms with E-state index < -0.39 is 0 Å². The Morgan fingerprint density at radius 1 is 1.41 bits per heavy atom. The Labute approximate surface area is 98.5 Å². The number of hydrogen-bond donors (Lipinski definition) is 1. The number of nitrogens with zero attached hydrogens (tertiary/aromatic N) is 3. The standard InChI is InChI=1S/C12H12N4O/c1-16-9-6-14-7-10(17)11(9)15-12(16)8-3-2-4-13-5-8/h2-5,14H,6-7H2,1H3. The van der Waals surface area contributed by atoms with Crippen LogP contribution >= 0.6 is 0 Å². The van der Waals surface area contributed by atoms with E-state index in [2.05, 4.69) is 15.3 Å². The highest BCUT2D eigenvalue weighted by atomic mass is 16.1. The Bertz CT molecular complexity index is 574. The monoisotopic (exact) mass is 228 g/mol. The van der Waals surface area contributed by atoms with Crippen molar-refractivity contribution in [3.8, 4) is 11.4 Å². The molecule has 5 heteroatoms. The lowest BCUT2D eigenvalue weighted by atomic mass is 10.1. The first-order valence-corrected chi connectivity index (χ1v) is 5.47. The normalized spacial score (nSPS) is 14.8. The van der Waals surface area contributed by atoms with E-state index in [-0.39, 0.29) is 5.78 Å². The number of ketones is 1. The summed E-state index contributed by atoms with van der Waals surface area (Å²) in [7, 11) is 1.93. The zero-order valence-corrected chi connectivity index (χ0v) is 9.47. The molecule has 17 heavy (non-hydrogen) atoms. The Morgan fingerprint density at radius 2 is 2.29 bits per heavy atom. The van der Waals surface area contributed by atoms with Gasteiger partial charge in [0.15, 0.2) is 5.78 Å². The quantitative estimate of drug-likeness (QED) is 0.783. The summed E-state index contributed by atoms with van der Waals surface area (Å²) in [5, 5.41) is 3.07. The van der Waals surface area contributed by atoms with Crippen LogP contribution in [0.1, 0.15) is 16.2 Å². The fraction of sp³-hybridized carbons (Fsp3) is 0.250. The molecule has 3 rings (SSSR count). The van der Waals surface area contributed by atoms with Gasteiger partial charge in [-0.15, -0.1) is 0 Å². The van der Waals surface area contributed by atoms with Crippen LogP contribution in [0.15, 0.2) is 24.5 Å². The molecule has 0 fully saturated rings. The van der Waals surface area contributed by atoms with Gasteiger partial charge in [0, 0.05) is 31.5 Å². The van der Waals surface area contributed by atoms with Crippen LogP contribution in [0.2, 0.25) is 0 Å². The van der Waals surface area contributed by atoms with Crippen molar-refractivity contribution in [2.45, 2.75) is 6.54 Å². The first-order valence-electron chi connectivity index (χ1n) is 5.47. The van der Waals surface area contributed by atoms with Crippen LogP contribution < -0.4 is 5.32 Å². The van der Waals surface area contributed by atoms with Gasteiger partial charge < -0.3 is 9.88 Å². The molecule has 5 nitrogen and oxygen atoms in total. The zero-order chi connectivity index (χ0) is 11.8. The third kappa shape index (κ3) is 1.55. The lowest BCUT2D eigenvalue weighted by molar-refractivity contribution is 0.0977. The molecule has 2 aromatic heterocycles. The molecule has 1 aliphatic heterocycles. The zero-order valence-electron chi connectivity index (χ0n) is 9.47. The van der Waals surface area contributed by atoms with Gasteiger partial charge in [-0.3, -0.25) is 9.78 Å². The lowest BCUT2D eigenvalue weighted by Crippen LogP contribution is -2.30. The van der Waals surface area contributed by atoms with Gasteiger partial charge in [-0.1, -0.05) is 0 Å². The molecule has 0 bridgehead atoms. The van der Waals surface area contributed by atoms with Crippen LogP contribution in [0.25, 0.3) is 11.4 Å². The fourth-order valence-corrected chi connectivity index (χ4v) is 2.09. The molecule has 0 saturated carbocycles. The van der Waals surface area contributed by atoms with E-state index in [4.69, 9.17) is 0 Å². The highest BCUT2D eigenvalue weighted by molar-refractivity contribution is 5.98. The molecule has 0 spiro atoms. The van der Waals surface area contributed by atoms with Crippen molar-refractivity contribution in [3.63, 3.8) is 0 Å². The predicted octanol–water partition coefficient (Wildman–Crippen LogP) is 0.768. The Kier molecular flexibility index (Phi) is 2.26. The van der Waals surface area contributed by atoms with E-state index in [0.717, 1.165) is 17.1 Å². The molecule has 0 atom stereocenters. The van der Waals surface area contributed by atoms with Gasteiger partial charge in [0.1, 0.15) is 11.5 Å². The second kappa shape index (κ2) is 3.78. The van der Waals surface area contributed by atoms with Crippen molar-refractivity contribution in [1.82, 2.24) is 19.9 Å². The molecule has 2 aromatic rings. The number of aromatic nitrogens is 3. The maximum absolute atomic E-state index is 11.7. The molecular weight excluding hydrogens is 216 g/mol. The third-order valence-electron chi connectivity index (χ3n) is 2.98. The molecule has 0 radical (unpaired) electrons. The summed E-state index contributed by atoms with van der Waals surface area (Å²) in [5.74, 6) is 0.845. The highest BCUT2D eigenvalue weighted by Crippen LogP contribution is 2.22. The summed E-state index contributed by atoms with van der Waals surface area (Å²) in [4.78, 5) is 20.2. The van der Waals surface area contributed by atoms with Gasteiger partial charge in [-0.05, 0) is 12.1 Å². The second-order valence-electron chi connectivity index (χ2n) is 4.06. The Balaban J connectivity index is 2.17. The average molecular weight is 228 g/mol. The second-order valence-corrected chi connectivity index (χ2v) is 4.06. The summed E-state index contributed by atoms with van der Waals surface area (Å²) in [6.45, 7) is 1.06. The Hall–Kier alpha value is -2.01. The summed E-state index contributed by atoms with van der Waals surface area (Å²) in [6.07, 6.45) is 3.48. The average Bonchev–Trinajstić information content (AvgIpc) is 2.70. The summed E-state index contributed by atoms with van der Waals surface area (Å²) < 4.78 is 1.95. The van der Waals surface area contributed by atoms with Gasteiger partial charge in [0.05, 0.1) is 12.2 Å².